The second-order valence-electron chi connectivity index (χ2n) is 7.88. The Morgan fingerprint density at radius 3 is 2.33 bits per heavy atom. The van der Waals surface area contributed by atoms with Gasteiger partial charge in [0.05, 0.1) is 24.9 Å². The van der Waals surface area contributed by atoms with Crippen molar-refractivity contribution in [1.29, 1.82) is 0 Å². The first-order valence-electron chi connectivity index (χ1n) is 11.3. The van der Waals surface area contributed by atoms with E-state index in [1.165, 1.54) is 0 Å². The molecule has 0 aromatic rings. The first-order chi connectivity index (χ1) is 14.3. The van der Waals surface area contributed by atoms with Gasteiger partial charge in [0, 0.05) is 12.5 Å². The Hall–Kier alpha value is -1.25. The van der Waals surface area contributed by atoms with Crippen LogP contribution in [0.5, 0.6) is 0 Å². The smallest absolute Gasteiger partial charge is 0.303 e. The Bertz CT molecular complexity index is 494. The molecule has 4 atom stereocenters. The Balaban J connectivity index is 4.64. The van der Waals surface area contributed by atoms with E-state index in [-0.39, 0.29) is 19.1 Å². The van der Waals surface area contributed by atoms with Crippen molar-refractivity contribution in [2.24, 2.45) is 0 Å². The van der Waals surface area contributed by atoms with Gasteiger partial charge in [-0.3, -0.25) is 4.79 Å². The molecule has 4 unspecified atom stereocenters. The van der Waals surface area contributed by atoms with Gasteiger partial charge in [0.2, 0.25) is 0 Å². The van der Waals surface area contributed by atoms with E-state index in [0.29, 0.717) is 19.3 Å². The summed E-state index contributed by atoms with van der Waals surface area (Å²) in [6, 6.07) is 0.182. The number of carboxylic acids is 1. The number of allylic oxidation sites excluding steroid dienone is 2. The fourth-order valence-corrected chi connectivity index (χ4v) is 3.32. The van der Waals surface area contributed by atoms with Crippen LogP contribution in [0.15, 0.2) is 23.8 Å². The van der Waals surface area contributed by atoms with E-state index in [4.69, 9.17) is 10.2 Å². The number of carbonyl (C=O) groups is 1. The molecule has 0 spiro atoms. The Morgan fingerprint density at radius 2 is 1.73 bits per heavy atom. The number of aliphatic hydroxyl groups excluding tert-OH is 4. The van der Waals surface area contributed by atoms with Crippen LogP contribution in [-0.4, -0.2) is 69.0 Å². The van der Waals surface area contributed by atoms with E-state index in [9.17, 15) is 20.1 Å². The highest BCUT2D eigenvalue weighted by molar-refractivity contribution is 5.66. The molecule has 0 aromatic carbocycles. The first kappa shape index (κ1) is 28.8. The van der Waals surface area contributed by atoms with E-state index in [2.05, 4.69) is 5.32 Å². The van der Waals surface area contributed by atoms with Crippen LogP contribution >= 0.6 is 0 Å². The number of unbranched alkanes of at least 4 members (excludes halogenated alkanes) is 2. The number of aliphatic hydroxyl groups is 4. The Labute approximate surface area is 181 Å². The number of hydrogen-bond donors (Lipinski definition) is 6. The molecule has 7 nitrogen and oxygen atoms in total. The minimum Gasteiger partial charge on any atom is -0.481 e. The van der Waals surface area contributed by atoms with Crippen molar-refractivity contribution in [1.82, 2.24) is 5.32 Å². The van der Waals surface area contributed by atoms with Crippen LogP contribution in [0.3, 0.4) is 0 Å². The standard InChI is InChI=1S/C23H43NO6/c1-3-5-12-21(27)22(28)13-8-10-18(16-20(26)17-25)9-6-7-11-19(24-4-2)14-15-23(29)30/h8,10,13,19-22,24-28H,3-7,9,11-12,14-17H2,1-2H3,(H,29,30). The van der Waals surface area contributed by atoms with E-state index in [1.54, 1.807) is 12.2 Å². The zero-order chi connectivity index (χ0) is 22.8. The first-order valence-corrected chi connectivity index (χ1v) is 11.3. The molecule has 0 aliphatic carbocycles. The lowest BCUT2D eigenvalue weighted by atomic mass is 9.98. The average molecular weight is 430 g/mol. The molecule has 0 aliphatic heterocycles. The molecule has 0 rings (SSSR count). The lowest BCUT2D eigenvalue weighted by Crippen LogP contribution is -2.29. The lowest BCUT2D eigenvalue weighted by Gasteiger charge is -2.17. The summed E-state index contributed by atoms with van der Waals surface area (Å²) >= 11 is 0. The van der Waals surface area contributed by atoms with Crippen LogP contribution in [0, 0.1) is 0 Å². The molecule has 0 saturated carbocycles. The molecule has 0 saturated heterocycles. The third-order valence-electron chi connectivity index (χ3n) is 5.10. The van der Waals surface area contributed by atoms with Crippen molar-refractivity contribution in [3.63, 3.8) is 0 Å². The summed E-state index contributed by atoms with van der Waals surface area (Å²) in [6.07, 6.45) is 9.48. The summed E-state index contributed by atoms with van der Waals surface area (Å²) in [7, 11) is 0. The maximum absolute atomic E-state index is 10.8. The van der Waals surface area contributed by atoms with Crippen molar-refractivity contribution in [3.05, 3.63) is 23.8 Å². The van der Waals surface area contributed by atoms with Crippen molar-refractivity contribution in [3.8, 4) is 0 Å². The van der Waals surface area contributed by atoms with Gasteiger partial charge >= 0.3 is 5.97 Å². The van der Waals surface area contributed by atoms with Crippen molar-refractivity contribution in [2.45, 2.75) is 102 Å². The van der Waals surface area contributed by atoms with Crippen LogP contribution in [0.2, 0.25) is 0 Å². The van der Waals surface area contributed by atoms with Crippen LogP contribution in [0.25, 0.3) is 0 Å². The van der Waals surface area contributed by atoms with Crippen LogP contribution < -0.4 is 5.32 Å². The number of aliphatic carboxylic acids is 1. The van der Waals surface area contributed by atoms with Gasteiger partial charge in [-0.1, -0.05) is 56.9 Å². The molecule has 0 aliphatic rings. The van der Waals surface area contributed by atoms with E-state index in [1.807, 2.05) is 19.9 Å². The van der Waals surface area contributed by atoms with Crippen LogP contribution in [0.1, 0.15) is 78.1 Å². The maximum atomic E-state index is 10.8. The molecule has 30 heavy (non-hydrogen) atoms. The second kappa shape index (κ2) is 18.5. The van der Waals surface area contributed by atoms with Gasteiger partial charge in [-0.25, -0.2) is 0 Å². The summed E-state index contributed by atoms with van der Waals surface area (Å²) in [5, 5.41) is 51.0. The van der Waals surface area contributed by atoms with Crippen molar-refractivity contribution >= 4 is 5.97 Å². The highest BCUT2D eigenvalue weighted by Crippen LogP contribution is 2.17. The zero-order valence-corrected chi connectivity index (χ0v) is 18.7. The van der Waals surface area contributed by atoms with Gasteiger partial charge in [-0.15, -0.1) is 0 Å². The third kappa shape index (κ3) is 15.6. The maximum Gasteiger partial charge on any atom is 0.303 e. The second-order valence-corrected chi connectivity index (χ2v) is 7.88. The Morgan fingerprint density at radius 1 is 1.00 bits per heavy atom. The number of nitrogens with one attached hydrogen (secondary N) is 1. The summed E-state index contributed by atoms with van der Waals surface area (Å²) in [4.78, 5) is 10.8. The Kier molecular flexibility index (Phi) is 17.7. The molecule has 0 heterocycles. The molecule has 0 aromatic heterocycles. The number of hydrogen-bond acceptors (Lipinski definition) is 6. The average Bonchev–Trinajstić information content (AvgIpc) is 2.72. The lowest BCUT2D eigenvalue weighted by molar-refractivity contribution is -0.137. The fraction of sp³-hybridized carbons (Fsp3) is 0.783. The van der Waals surface area contributed by atoms with Crippen LogP contribution in [0.4, 0.5) is 0 Å². The highest BCUT2D eigenvalue weighted by Gasteiger charge is 2.13. The fourth-order valence-electron chi connectivity index (χ4n) is 3.32. The van der Waals surface area contributed by atoms with E-state index in [0.717, 1.165) is 50.6 Å². The summed E-state index contributed by atoms with van der Waals surface area (Å²) in [5.74, 6) is -0.782. The van der Waals surface area contributed by atoms with E-state index >= 15 is 0 Å². The van der Waals surface area contributed by atoms with Gasteiger partial charge in [-0.2, -0.15) is 0 Å². The van der Waals surface area contributed by atoms with Gasteiger partial charge < -0.3 is 30.8 Å². The zero-order valence-electron chi connectivity index (χ0n) is 18.7. The summed E-state index contributed by atoms with van der Waals surface area (Å²) in [6.45, 7) is 4.53. The minimum absolute atomic E-state index is 0.155. The monoisotopic (exact) mass is 429 g/mol. The third-order valence-corrected chi connectivity index (χ3v) is 5.10. The summed E-state index contributed by atoms with van der Waals surface area (Å²) < 4.78 is 0. The van der Waals surface area contributed by atoms with Crippen molar-refractivity contribution in [2.75, 3.05) is 13.2 Å². The van der Waals surface area contributed by atoms with Crippen LogP contribution in [-0.2, 0) is 4.79 Å². The number of carboxylic acid groups (broad SMARTS) is 1. The predicted molar refractivity (Wildman–Crippen MR) is 119 cm³/mol. The van der Waals surface area contributed by atoms with Gasteiger partial charge in [0.1, 0.15) is 0 Å². The molecule has 0 fully saturated rings. The molecule has 7 heteroatoms. The van der Waals surface area contributed by atoms with Gasteiger partial charge in [0.15, 0.2) is 0 Å². The molecule has 0 radical (unpaired) electrons. The molecule has 6 N–H and O–H groups in total. The van der Waals surface area contributed by atoms with Gasteiger partial charge in [-0.05, 0) is 45.1 Å². The molecule has 176 valence electrons. The normalized spacial score (nSPS) is 16.5. The molecular formula is C23H43NO6. The SMILES string of the molecule is CCCCC(O)C(O)C=CC=C(CCCCC(CCC(=O)O)NCC)CC(O)CO. The predicted octanol–water partition coefficient (Wildman–Crippen LogP) is 2.53. The molecule has 0 amide bonds. The van der Waals surface area contributed by atoms with Crippen molar-refractivity contribution < 1.29 is 30.3 Å². The number of rotatable bonds is 19. The molecule has 0 bridgehead atoms. The minimum atomic E-state index is -0.924. The topological polar surface area (TPSA) is 130 Å². The quantitative estimate of drug-likeness (QED) is 0.137. The van der Waals surface area contributed by atoms with E-state index < -0.39 is 24.3 Å². The summed E-state index contributed by atoms with van der Waals surface area (Å²) in [5.41, 5.74) is 0.966. The largest absolute Gasteiger partial charge is 0.481 e. The highest BCUT2D eigenvalue weighted by atomic mass is 16.4. The van der Waals surface area contributed by atoms with Gasteiger partial charge in [0.25, 0.3) is 0 Å². The molecular weight excluding hydrogens is 386 g/mol.